The Morgan fingerprint density at radius 1 is 1.04 bits per heavy atom. The van der Waals surface area contributed by atoms with E-state index in [0.717, 1.165) is 27.8 Å². The third kappa shape index (κ3) is 3.88. The van der Waals surface area contributed by atoms with E-state index in [1.165, 1.54) is 12.4 Å². The number of fused-ring (bicyclic) bond motifs is 1. The Bertz CT molecular complexity index is 1140. The fraction of sp³-hybridized carbons (Fsp3) is 0.0476. The number of amides is 1. The molecule has 0 bridgehead atoms. The van der Waals surface area contributed by atoms with Gasteiger partial charge in [-0.25, -0.2) is 4.68 Å². The van der Waals surface area contributed by atoms with Crippen molar-refractivity contribution in [3.63, 3.8) is 0 Å². The monoisotopic (exact) mass is 371 g/mol. The summed E-state index contributed by atoms with van der Waals surface area (Å²) < 4.78 is 6.78. The lowest BCUT2D eigenvalue weighted by Crippen LogP contribution is -2.07. The van der Waals surface area contributed by atoms with Crippen molar-refractivity contribution in [3.8, 4) is 11.4 Å². The molecule has 138 valence electrons. The van der Waals surface area contributed by atoms with Crippen LogP contribution in [0.25, 0.3) is 22.5 Å². The molecule has 3 aromatic carbocycles. The molecule has 0 spiro atoms. The predicted molar refractivity (Wildman–Crippen MR) is 107 cm³/mol. The Balaban J connectivity index is 1.43. The first-order chi connectivity index (χ1) is 13.7. The Hall–Kier alpha value is -4.00. The second kappa shape index (κ2) is 7.71. The zero-order valence-electron chi connectivity index (χ0n) is 15.1. The van der Waals surface area contributed by atoms with Crippen molar-refractivity contribution in [1.82, 2.24) is 20.2 Å². The molecule has 0 fully saturated rings. The number of benzene rings is 3. The molecule has 0 aliphatic carbocycles. The molecule has 28 heavy (non-hydrogen) atoms. The second-order valence-corrected chi connectivity index (χ2v) is 6.10. The molecule has 7 heteroatoms. The van der Waals surface area contributed by atoms with Crippen LogP contribution in [0.15, 0.2) is 73.1 Å². The highest BCUT2D eigenvalue weighted by Crippen LogP contribution is 2.22. The highest BCUT2D eigenvalue weighted by Gasteiger charge is 2.02. The number of rotatable bonds is 5. The fourth-order valence-electron chi connectivity index (χ4n) is 2.81. The average molecular weight is 371 g/mol. The highest BCUT2D eigenvalue weighted by atomic mass is 16.5. The number of anilines is 1. The van der Waals surface area contributed by atoms with Crippen molar-refractivity contribution in [2.24, 2.45) is 0 Å². The SMILES string of the molecule is COc1ccc2cc(/C=C/C(=O)Nc3ccc(-n4cnnn4)cc3)ccc2c1. The number of aromatic nitrogens is 4. The van der Waals surface area contributed by atoms with Crippen molar-refractivity contribution in [1.29, 1.82) is 0 Å². The lowest BCUT2D eigenvalue weighted by molar-refractivity contribution is -0.111. The predicted octanol–water partition coefficient (Wildman–Crippen LogP) is 3.48. The molecule has 0 saturated heterocycles. The number of carbonyl (C=O) groups is 1. The molecular formula is C21H17N5O2. The number of carbonyl (C=O) groups excluding carboxylic acids is 1. The lowest BCUT2D eigenvalue weighted by Gasteiger charge is -2.05. The number of nitrogens with one attached hydrogen (secondary N) is 1. The van der Waals surface area contributed by atoms with Crippen molar-refractivity contribution >= 4 is 28.4 Å². The lowest BCUT2D eigenvalue weighted by atomic mass is 10.1. The first kappa shape index (κ1) is 17.4. The van der Waals surface area contributed by atoms with Gasteiger partial charge in [0.2, 0.25) is 5.91 Å². The summed E-state index contributed by atoms with van der Waals surface area (Å²) in [6.07, 6.45) is 4.81. The first-order valence-corrected chi connectivity index (χ1v) is 8.61. The number of hydrogen-bond donors (Lipinski definition) is 1. The van der Waals surface area contributed by atoms with E-state index in [9.17, 15) is 4.79 Å². The molecule has 4 aromatic rings. The number of methoxy groups -OCH3 is 1. The zero-order valence-corrected chi connectivity index (χ0v) is 15.1. The first-order valence-electron chi connectivity index (χ1n) is 8.61. The van der Waals surface area contributed by atoms with Gasteiger partial charge in [-0.15, -0.1) is 5.10 Å². The molecule has 7 nitrogen and oxygen atoms in total. The van der Waals surface area contributed by atoms with Crippen LogP contribution in [0.1, 0.15) is 5.56 Å². The van der Waals surface area contributed by atoms with Gasteiger partial charge in [-0.05, 0) is 75.3 Å². The van der Waals surface area contributed by atoms with Crippen LogP contribution in [0.2, 0.25) is 0 Å². The fourth-order valence-corrected chi connectivity index (χ4v) is 2.81. The highest BCUT2D eigenvalue weighted by molar-refractivity contribution is 6.02. The Labute approximate surface area is 161 Å². The molecule has 0 saturated carbocycles. The quantitative estimate of drug-likeness (QED) is 0.543. The van der Waals surface area contributed by atoms with Gasteiger partial charge in [0.1, 0.15) is 12.1 Å². The molecular weight excluding hydrogens is 354 g/mol. The van der Waals surface area contributed by atoms with Gasteiger partial charge in [-0.2, -0.15) is 0 Å². The van der Waals surface area contributed by atoms with Gasteiger partial charge < -0.3 is 10.1 Å². The van der Waals surface area contributed by atoms with Crippen molar-refractivity contribution in [2.75, 3.05) is 12.4 Å². The summed E-state index contributed by atoms with van der Waals surface area (Å²) in [4.78, 5) is 12.2. The van der Waals surface area contributed by atoms with Crippen molar-refractivity contribution < 1.29 is 9.53 Å². The minimum Gasteiger partial charge on any atom is -0.497 e. The molecule has 1 heterocycles. The van der Waals surface area contributed by atoms with Crippen LogP contribution in [0.4, 0.5) is 5.69 Å². The summed E-state index contributed by atoms with van der Waals surface area (Å²) in [6, 6.07) is 19.1. The van der Waals surface area contributed by atoms with Crippen LogP contribution in [0.5, 0.6) is 5.75 Å². The van der Waals surface area contributed by atoms with Crippen LogP contribution < -0.4 is 10.1 Å². The summed E-state index contributed by atoms with van der Waals surface area (Å²) >= 11 is 0. The van der Waals surface area contributed by atoms with Gasteiger partial charge in [0.05, 0.1) is 12.8 Å². The zero-order chi connectivity index (χ0) is 19.3. The molecule has 0 aliphatic heterocycles. The summed E-state index contributed by atoms with van der Waals surface area (Å²) in [7, 11) is 1.65. The Kier molecular flexibility index (Phi) is 4.79. The van der Waals surface area contributed by atoms with E-state index >= 15 is 0 Å². The van der Waals surface area contributed by atoms with Crippen LogP contribution in [-0.2, 0) is 4.79 Å². The van der Waals surface area contributed by atoms with Gasteiger partial charge in [0, 0.05) is 11.8 Å². The Morgan fingerprint density at radius 3 is 2.57 bits per heavy atom. The normalized spacial score (nSPS) is 11.0. The van der Waals surface area contributed by atoms with E-state index in [0.29, 0.717) is 5.69 Å². The minimum atomic E-state index is -0.204. The maximum absolute atomic E-state index is 12.2. The minimum absolute atomic E-state index is 0.204. The van der Waals surface area contributed by atoms with E-state index in [1.807, 2.05) is 48.5 Å². The van der Waals surface area contributed by atoms with Gasteiger partial charge in [-0.3, -0.25) is 4.79 Å². The standard InChI is InChI=1S/C21H17N5O2/c1-28-20-10-5-16-12-15(2-4-17(16)13-20)3-11-21(27)23-18-6-8-19(9-7-18)26-14-22-24-25-26/h2-14H,1H3,(H,23,27)/b11-3+. The molecule has 0 unspecified atom stereocenters. The van der Waals surface area contributed by atoms with Gasteiger partial charge in [0.15, 0.2) is 0 Å². The largest absolute Gasteiger partial charge is 0.497 e. The van der Waals surface area contributed by atoms with E-state index in [1.54, 1.807) is 30.0 Å². The van der Waals surface area contributed by atoms with Gasteiger partial charge in [-0.1, -0.05) is 18.2 Å². The van der Waals surface area contributed by atoms with E-state index < -0.39 is 0 Å². The second-order valence-electron chi connectivity index (χ2n) is 6.10. The van der Waals surface area contributed by atoms with E-state index in [4.69, 9.17) is 4.74 Å². The topological polar surface area (TPSA) is 81.9 Å². The van der Waals surface area contributed by atoms with Gasteiger partial charge >= 0.3 is 0 Å². The van der Waals surface area contributed by atoms with Crippen LogP contribution in [-0.4, -0.2) is 33.2 Å². The number of tetrazole rings is 1. The third-order valence-corrected chi connectivity index (χ3v) is 4.25. The smallest absolute Gasteiger partial charge is 0.248 e. The average Bonchev–Trinajstić information content (AvgIpc) is 3.27. The molecule has 0 radical (unpaired) electrons. The number of ether oxygens (including phenoxy) is 1. The van der Waals surface area contributed by atoms with Crippen molar-refractivity contribution in [2.45, 2.75) is 0 Å². The molecule has 0 atom stereocenters. The summed E-state index contributed by atoms with van der Waals surface area (Å²) in [6.45, 7) is 0. The Morgan fingerprint density at radius 2 is 1.82 bits per heavy atom. The summed E-state index contributed by atoms with van der Waals surface area (Å²) in [5, 5.41) is 16.0. The summed E-state index contributed by atoms with van der Waals surface area (Å²) in [5.41, 5.74) is 2.45. The summed E-state index contributed by atoms with van der Waals surface area (Å²) in [5.74, 6) is 0.617. The van der Waals surface area contributed by atoms with Crippen LogP contribution in [0.3, 0.4) is 0 Å². The van der Waals surface area contributed by atoms with Gasteiger partial charge in [0.25, 0.3) is 0 Å². The van der Waals surface area contributed by atoms with Crippen LogP contribution >= 0.6 is 0 Å². The van der Waals surface area contributed by atoms with E-state index in [-0.39, 0.29) is 5.91 Å². The molecule has 1 aromatic heterocycles. The van der Waals surface area contributed by atoms with Crippen molar-refractivity contribution in [3.05, 3.63) is 78.6 Å². The maximum atomic E-state index is 12.2. The number of nitrogens with zero attached hydrogens (tertiary/aromatic N) is 4. The van der Waals surface area contributed by atoms with E-state index in [2.05, 4.69) is 20.8 Å². The molecule has 1 amide bonds. The third-order valence-electron chi connectivity index (χ3n) is 4.25. The maximum Gasteiger partial charge on any atom is 0.248 e. The molecule has 4 rings (SSSR count). The number of hydrogen-bond acceptors (Lipinski definition) is 5. The molecule has 1 N–H and O–H groups in total. The molecule has 0 aliphatic rings. The van der Waals surface area contributed by atoms with Crippen LogP contribution in [0, 0.1) is 0 Å².